The number of thiophene rings is 1. The zero-order chi connectivity index (χ0) is 43.9. The molecule has 1 saturated heterocycles. The molecule has 15 nitrogen and oxygen atoms in total. The van der Waals surface area contributed by atoms with E-state index in [9.17, 15) is 19.2 Å². The van der Waals surface area contributed by atoms with Gasteiger partial charge in [-0.2, -0.15) is 0 Å². The largest absolute Gasteiger partial charge is 0.492 e. The van der Waals surface area contributed by atoms with Crippen LogP contribution in [0.2, 0.25) is 10.0 Å². The Morgan fingerprint density at radius 3 is 2.47 bits per heavy atom. The number of halogens is 2. The van der Waals surface area contributed by atoms with Crippen molar-refractivity contribution in [3.05, 3.63) is 96.8 Å². The molecular weight excluding hydrogens is 874 g/mol. The third-order valence-electron chi connectivity index (χ3n) is 10.6. The van der Waals surface area contributed by atoms with Crippen molar-refractivity contribution in [1.82, 2.24) is 40.2 Å². The maximum Gasteiger partial charge on any atom is 0.325 e. The summed E-state index contributed by atoms with van der Waals surface area (Å²) in [5.74, 6) is 0.885. The number of hydrogen-bond acceptors (Lipinski definition) is 13. The lowest BCUT2D eigenvalue weighted by atomic mass is 9.99. The number of aliphatic imine (C=N–C) groups is 1. The first-order chi connectivity index (χ1) is 29.9. The zero-order valence-electron chi connectivity index (χ0n) is 34.8. The molecule has 2 aromatic carbocycles. The van der Waals surface area contributed by atoms with Crippen LogP contribution in [-0.4, -0.2) is 118 Å². The van der Waals surface area contributed by atoms with Crippen LogP contribution in [0.3, 0.4) is 0 Å². The highest BCUT2D eigenvalue weighted by molar-refractivity contribution is 7.15. The lowest BCUT2D eigenvalue weighted by molar-refractivity contribution is -0.143. The predicted octanol–water partition coefficient (Wildman–Crippen LogP) is 5.92. The van der Waals surface area contributed by atoms with Crippen molar-refractivity contribution in [2.24, 2.45) is 4.99 Å². The number of thiazole rings is 1. The average molecular weight is 921 g/mol. The van der Waals surface area contributed by atoms with E-state index >= 15 is 0 Å². The number of nitrogens with one attached hydrogen (secondary N) is 2. The Bertz CT molecular complexity index is 2480. The van der Waals surface area contributed by atoms with Crippen molar-refractivity contribution in [2.75, 3.05) is 59.0 Å². The molecule has 0 radical (unpaired) electrons. The second-order valence-corrected chi connectivity index (χ2v) is 17.7. The summed E-state index contributed by atoms with van der Waals surface area (Å²) in [6.45, 7) is 11.7. The van der Waals surface area contributed by atoms with Gasteiger partial charge in [-0.05, 0) is 63.6 Å². The molecule has 5 aromatic rings. The Balaban J connectivity index is 0.847. The number of carbonyl (C=O) groups is 4. The monoisotopic (exact) mass is 919 g/mol. The molecule has 3 aromatic heterocycles. The van der Waals surface area contributed by atoms with Gasteiger partial charge in [0, 0.05) is 77.7 Å². The van der Waals surface area contributed by atoms with Crippen LogP contribution in [0, 0.1) is 20.8 Å². The number of fused-ring (bicyclic) bond motifs is 3. The van der Waals surface area contributed by atoms with Crippen LogP contribution in [-0.2, 0) is 30.3 Å². The second kappa shape index (κ2) is 20.3. The number of piperazine rings is 1. The fourth-order valence-corrected chi connectivity index (χ4v) is 9.76. The van der Waals surface area contributed by atoms with E-state index in [0.29, 0.717) is 71.7 Å². The molecule has 62 heavy (non-hydrogen) atoms. The topological polar surface area (TPSA) is 173 Å². The van der Waals surface area contributed by atoms with E-state index in [0.717, 1.165) is 43.7 Å². The molecule has 2 aliphatic heterocycles. The molecule has 7 rings (SSSR count). The van der Waals surface area contributed by atoms with Gasteiger partial charge in [-0.1, -0.05) is 35.3 Å². The predicted molar refractivity (Wildman–Crippen MR) is 240 cm³/mol. The summed E-state index contributed by atoms with van der Waals surface area (Å²) in [5.41, 5.74) is 5.08. The number of ether oxygens (including phenoxy) is 2. The van der Waals surface area contributed by atoms with Crippen LogP contribution < -0.4 is 15.4 Å². The fraction of sp³-hybridized carbons (Fsp3) is 0.395. The Labute approximate surface area is 377 Å². The smallest absolute Gasteiger partial charge is 0.325 e. The van der Waals surface area contributed by atoms with Crippen molar-refractivity contribution in [3.63, 3.8) is 0 Å². The van der Waals surface area contributed by atoms with Crippen LogP contribution in [0.5, 0.6) is 5.75 Å². The van der Waals surface area contributed by atoms with Crippen molar-refractivity contribution in [1.29, 1.82) is 0 Å². The van der Waals surface area contributed by atoms with E-state index < -0.39 is 12.0 Å². The molecule has 2 aliphatic rings. The Hall–Kier alpha value is -5.20. The Morgan fingerprint density at radius 1 is 0.952 bits per heavy atom. The maximum absolute atomic E-state index is 13.4. The van der Waals surface area contributed by atoms with E-state index in [4.69, 9.17) is 37.7 Å². The maximum atomic E-state index is 13.4. The van der Waals surface area contributed by atoms with Gasteiger partial charge in [0.1, 0.15) is 40.8 Å². The summed E-state index contributed by atoms with van der Waals surface area (Å²) in [5, 5.41) is 18.9. The molecule has 326 valence electrons. The van der Waals surface area contributed by atoms with Crippen molar-refractivity contribution in [2.45, 2.75) is 53.0 Å². The number of aromatic nitrogens is 4. The van der Waals surface area contributed by atoms with Crippen molar-refractivity contribution in [3.8, 4) is 21.3 Å². The van der Waals surface area contributed by atoms with Crippen LogP contribution in [0.25, 0.3) is 15.6 Å². The Kier molecular flexibility index (Phi) is 14.7. The van der Waals surface area contributed by atoms with Gasteiger partial charge >= 0.3 is 5.97 Å². The number of hydrogen-bond donors (Lipinski definition) is 2. The minimum Gasteiger partial charge on any atom is -0.492 e. The van der Waals surface area contributed by atoms with Gasteiger partial charge in [0.2, 0.25) is 17.7 Å². The van der Waals surface area contributed by atoms with E-state index in [1.54, 1.807) is 29.7 Å². The van der Waals surface area contributed by atoms with Gasteiger partial charge in [0.15, 0.2) is 5.82 Å². The van der Waals surface area contributed by atoms with Crippen molar-refractivity contribution < 1.29 is 28.7 Å². The van der Waals surface area contributed by atoms with E-state index in [-0.39, 0.29) is 56.7 Å². The summed E-state index contributed by atoms with van der Waals surface area (Å²) in [6.07, 6.45) is 0.267. The summed E-state index contributed by atoms with van der Waals surface area (Å²) in [6, 6.07) is 12.4. The number of nitrogens with zero attached hydrogens (tertiary/aromatic N) is 7. The third kappa shape index (κ3) is 10.7. The van der Waals surface area contributed by atoms with Crippen molar-refractivity contribution >= 4 is 75.3 Å². The molecule has 0 bridgehead atoms. The van der Waals surface area contributed by atoms with E-state index in [1.165, 1.54) is 11.3 Å². The van der Waals surface area contributed by atoms with E-state index in [2.05, 4.69) is 44.6 Å². The standard InChI is InChI=1S/C43H47Cl2N9O6S2/c1-5-59-38(58)23-47-35(55)20-30-24-61-42(48-30)32-11-10-31(21-33(32)45)60-19-18-52-14-16-53(17-15-52)37(57)12-13-46-36(56)22-34-41-51-50-27(4)54(41)43-39(25(2)26(3)62-43)40(49-34)28-6-8-29(44)9-7-28/h6-11,21,24,34H,5,12-20,22-23H2,1-4H3,(H,46,56)(H,47,55)/t34-/m0/s1. The highest BCUT2D eigenvalue weighted by Crippen LogP contribution is 2.40. The first kappa shape index (κ1) is 44.8. The molecular formula is C43H47Cl2N9O6S2. The second-order valence-electron chi connectivity index (χ2n) is 14.8. The fourth-order valence-electron chi connectivity index (χ4n) is 7.24. The minimum absolute atomic E-state index is 0.0105. The minimum atomic E-state index is -0.595. The SMILES string of the molecule is CCOC(=O)CNC(=O)Cc1csc(-c2ccc(OCCN3CCN(C(=O)CCNC(=O)C[C@@H]4N=C(c5ccc(Cl)cc5)c5c(sc(C)c5C)-n5c(C)nnc54)CC3)cc2Cl)n1. The van der Waals surface area contributed by atoms with Gasteiger partial charge in [-0.3, -0.25) is 33.6 Å². The van der Waals surface area contributed by atoms with Gasteiger partial charge in [-0.25, -0.2) is 4.98 Å². The quantitative estimate of drug-likeness (QED) is 0.113. The lowest BCUT2D eigenvalue weighted by Crippen LogP contribution is -2.50. The molecule has 5 heterocycles. The molecule has 1 fully saturated rings. The molecule has 0 spiro atoms. The molecule has 0 unspecified atom stereocenters. The molecule has 0 aliphatic carbocycles. The van der Waals surface area contributed by atoms with Gasteiger partial charge < -0.3 is 25.0 Å². The summed E-state index contributed by atoms with van der Waals surface area (Å²) >= 11 is 15.9. The zero-order valence-corrected chi connectivity index (χ0v) is 38.0. The van der Waals surface area contributed by atoms with Gasteiger partial charge in [0.25, 0.3) is 0 Å². The number of benzene rings is 2. The summed E-state index contributed by atoms with van der Waals surface area (Å²) < 4.78 is 12.9. The number of amides is 3. The molecule has 3 amide bonds. The Morgan fingerprint density at radius 2 is 1.73 bits per heavy atom. The molecule has 19 heteroatoms. The number of rotatable bonds is 16. The normalized spacial score (nSPS) is 15.0. The van der Waals surface area contributed by atoms with Crippen LogP contribution in [0.15, 0.2) is 52.8 Å². The summed E-state index contributed by atoms with van der Waals surface area (Å²) in [7, 11) is 0. The van der Waals surface area contributed by atoms with Crippen LogP contribution in [0.4, 0.5) is 0 Å². The highest BCUT2D eigenvalue weighted by atomic mass is 35.5. The summed E-state index contributed by atoms with van der Waals surface area (Å²) in [4.78, 5) is 65.3. The van der Waals surface area contributed by atoms with E-state index in [1.807, 2.05) is 52.8 Å². The average Bonchev–Trinajstić information content (AvgIpc) is 3.93. The van der Waals surface area contributed by atoms with Gasteiger partial charge in [-0.15, -0.1) is 32.9 Å². The highest BCUT2D eigenvalue weighted by Gasteiger charge is 2.32. The molecule has 0 saturated carbocycles. The number of esters is 1. The number of aryl methyl sites for hydroxylation is 2. The first-order valence-corrected chi connectivity index (χ1v) is 22.8. The molecule has 1 atom stereocenters. The van der Waals surface area contributed by atoms with Crippen LogP contribution in [0.1, 0.15) is 64.7 Å². The third-order valence-corrected chi connectivity index (χ3v) is 13.3. The van der Waals surface area contributed by atoms with Crippen LogP contribution >= 0.6 is 45.9 Å². The lowest BCUT2D eigenvalue weighted by Gasteiger charge is -2.34. The molecule has 2 N–H and O–H groups in total. The first-order valence-electron chi connectivity index (χ1n) is 20.3. The number of carbonyl (C=O) groups excluding carboxylic acids is 4. The van der Waals surface area contributed by atoms with Gasteiger partial charge in [0.05, 0.1) is 35.9 Å².